The van der Waals surface area contributed by atoms with E-state index >= 15 is 0 Å². The second kappa shape index (κ2) is 2.36. The van der Waals surface area contributed by atoms with Crippen molar-refractivity contribution in [2.45, 2.75) is 25.5 Å². The molecule has 0 saturated carbocycles. The molecule has 0 bridgehead atoms. The van der Waals surface area contributed by atoms with Crippen molar-refractivity contribution in [2.24, 2.45) is 0 Å². The maximum Gasteiger partial charge on any atom is 0.410 e. The highest BCUT2D eigenvalue weighted by atomic mass is 16.6. The number of hydrogen-bond donors (Lipinski definition) is 1. The number of amides is 1. The molecule has 0 aromatic heterocycles. The van der Waals surface area contributed by atoms with Crippen LogP contribution < -0.4 is 5.32 Å². The molecule has 2 fully saturated rings. The minimum absolute atomic E-state index is 0.161. The fraction of sp³-hybridized carbons (Fsp3) is 0.875. The van der Waals surface area contributed by atoms with Crippen LogP contribution in [0, 0.1) is 0 Å². The van der Waals surface area contributed by atoms with Crippen LogP contribution in [-0.4, -0.2) is 42.3 Å². The average Bonchev–Trinajstić information content (AvgIpc) is 2.26. The SMILES string of the molecule is CC(C)N1CC2(CNC2)OC1=O. The molecule has 68 valence electrons. The highest BCUT2D eigenvalue weighted by Crippen LogP contribution is 2.27. The van der Waals surface area contributed by atoms with E-state index in [9.17, 15) is 4.79 Å². The van der Waals surface area contributed by atoms with E-state index in [1.807, 2.05) is 13.8 Å². The van der Waals surface area contributed by atoms with E-state index in [-0.39, 0.29) is 17.7 Å². The molecule has 0 atom stereocenters. The van der Waals surface area contributed by atoms with E-state index in [4.69, 9.17) is 4.74 Å². The summed E-state index contributed by atoms with van der Waals surface area (Å²) >= 11 is 0. The van der Waals surface area contributed by atoms with Crippen LogP contribution in [0.25, 0.3) is 0 Å². The molecule has 1 N–H and O–H groups in total. The highest BCUT2D eigenvalue weighted by Gasteiger charge is 2.50. The zero-order valence-corrected chi connectivity index (χ0v) is 7.46. The molecule has 0 unspecified atom stereocenters. The average molecular weight is 170 g/mol. The maximum atomic E-state index is 11.3. The zero-order chi connectivity index (χ0) is 8.77. The lowest BCUT2D eigenvalue weighted by Gasteiger charge is -2.36. The molecule has 0 aromatic rings. The summed E-state index contributed by atoms with van der Waals surface area (Å²) in [5.41, 5.74) is -0.193. The number of nitrogens with one attached hydrogen (secondary N) is 1. The monoisotopic (exact) mass is 170 g/mol. The van der Waals surface area contributed by atoms with Crippen LogP contribution in [-0.2, 0) is 4.74 Å². The standard InChI is InChI=1S/C8H14N2O2/c1-6(2)10-5-8(3-9-4-8)12-7(10)11/h6,9H,3-5H2,1-2H3. The molecule has 2 aliphatic heterocycles. The Morgan fingerprint density at radius 1 is 1.58 bits per heavy atom. The van der Waals surface area contributed by atoms with Gasteiger partial charge in [-0.3, -0.25) is 0 Å². The van der Waals surface area contributed by atoms with Crippen molar-refractivity contribution in [3.8, 4) is 0 Å². The van der Waals surface area contributed by atoms with Gasteiger partial charge in [-0.2, -0.15) is 0 Å². The molecular formula is C8H14N2O2. The summed E-state index contributed by atoms with van der Waals surface area (Å²) in [6.07, 6.45) is -0.161. The van der Waals surface area contributed by atoms with Crippen LogP contribution in [0.3, 0.4) is 0 Å². The second-order valence-corrected chi connectivity index (χ2v) is 3.88. The lowest BCUT2D eigenvalue weighted by Crippen LogP contribution is -2.62. The maximum absolute atomic E-state index is 11.3. The predicted molar refractivity (Wildman–Crippen MR) is 43.9 cm³/mol. The van der Waals surface area contributed by atoms with Gasteiger partial charge in [-0.1, -0.05) is 0 Å². The van der Waals surface area contributed by atoms with E-state index in [1.165, 1.54) is 0 Å². The lowest BCUT2D eigenvalue weighted by molar-refractivity contribution is 0.0140. The number of carbonyl (C=O) groups is 1. The van der Waals surface area contributed by atoms with Gasteiger partial charge in [-0.25, -0.2) is 4.79 Å². The minimum atomic E-state index is -0.193. The predicted octanol–water partition coefficient (Wildman–Crippen LogP) is 0.189. The van der Waals surface area contributed by atoms with Crippen LogP contribution >= 0.6 is 0 Å². The Balaban J connectivity index is 2.07. The van der Waals surface area contributed by atoms with Gasteiger partial charge in [0.05, 0.1) is 6.54 Å². The van der Waals surface area contributed by atoms with Crippen LogP contribution in [0.4, 0.5) is 4.79 Å². The third-order valence-electron chi connectivity index (χ3n) is 2.51. The number of nitrogens with zero attached hydrogens (tertiary/aromatic N) is 1. The Hall–Kier alpha value is -0.770. The Morgan fingerprint density at radius 2 is 2.25 bits per heavy atom. The van der Waals surface area contributed by atoms with Gasteiger partial charge in [-0.05, 0) is 13.8 Å². The van der Waals surface area contributed by atoms with Gasteiger partial charge in [0.25, 0.3) is 0 Å². The molecule has 1 amide bonds. The fourth-order valence-corrected chi connectivity index (χ4v) is 1.63. The number of rotatable bonds is 1. The third kappa shape index (κ3) is 0.982. The Morgan fingerprint density at radius 3 is 2.50 bits per heavy atom. The summed E-state index contributed by atoms with van der Waals surface area (Å²) in [6, 6.07) is 0.248. The van der Waals surface area contributed by atoms with Crippen molar-refractivity contribution in [3.05, 3.63) is 0 Å². The molecule has 4 nitrogen and oxygen atoms in total. The molecule has 2 heterocycles. The normalized spacial score (nSPS) is 26.2. The smallest absolute Gasteiger partial charge is 0.410 e. The molecule has 4 heteroatoms. The lowest BCUT2D eigenvalue weighted by atomic mass is 9.97. The van der Waals surface area contributed by atoms with Gasteiger partial charge in [0.2, 0.25) is 0 Å². The van der Waals surface area contributed by atoms with E-state index in [1.54, 1.807) is 4.90 Å². The van der Waals surface area contributed by atoms with Gasteiger partial charge in [0, 0.05) is 19.1 Å². The van der Waals surface area contributed by atoms with Crippen molar-refractivity contribution in [1.82, 2.24) is 10.2 Å². The summed E-state index contributed by atoms with van der Waals surface area (Å²) in [6.45, 7) is 6.37. The van der Waals surface area contributed by atoms with E-state index in [0.717, 1.165) is 19.6 Å². The van der Waals surface area contributed by atoms with E-state index < -0.39 is 0 Å². The molecule has 0 aromatic carbocycles. The first-order chi connectivity index (χ1) is 5.63. The number of hydrogen-bond acceptors (Lipinski definition) is 3. The van der Waals surface area contributed by atoms with Gasteiger partial charge < -0.3 is 15.0 Å². The fourth-order valence-electron chi connectivity index (χ4n) is 1.63. The van der Waals surface area contributed by atoms with Crippen molar-refractivity contribution < 1.29 is 9.53 Å². The molecule has 12 heavy (non-hydrogen) atoms. The summed E-state index contributed by atoms with van der Waals surface area (Å²) in [5.74, 6) is 0. The number of carbonyl (C=O) groups excluding carboxylic acids is 1. The zero-order valence-electron chi connectivity index (χ0n) is 7.46. The second-order valence-electron chi connectivity index (χ2n) is 3.88. The Labute approximate surface area is 71.9 Å². The van der Waals surface area contributed by atoms with Crippen molar-refractivity contribution in [3.63, 3.8) is 0 Å². The van der Waals surface area contributed by atoms with Gasteiger partial charge >= 0.3 is 6.09 Å². The van der Waals surface area contributed by atoms with Crippen molar-refractivity contribution in [1.29, 1.82) is 0 Å². The van der Waals surface area contributed by atoms with Crippen LogP contribution in [0.1, 0.15) is 13.8 Å². The highest BCUT2D eigenvalue weighted by molar-refractivity contribution is 5.71. The summed E-state index contributed by atoms with van der Waals surface area (Å²) in [7, 11) is 0. The van der Waals surface area contributed by atoms with Crippen molar-refractivity contribution in [2.75, 3.05) is 19.6 Å². The summed E-state index contributed by atoms with van der Waals surface area (Å²) in [4.78, 5) is 13.1. The van der Waals surface area contributed by atoms with E-state index in [0.29, 0.717) is 0 Å². The quantitative estimate of drug-likeness (QED) is 0.610. The van der Waals surface area contributed by atoms with Crippen LogP contribution in [0.2, 0.25) is 0 Å². The molecule has 2 rings (SSSR count). The summed E-state index contributed by atoms with van der Waals surface area (Å²) < 4.78 is 5.28. The minimum Gasteiger partial charge on any atom is -0.438 e. The third-order valence-corrected chi connectivity index (χ3v) is 2.51. The molecule has 2 aliphatic rings. The first-order valence-corrected chi connectivity index (χ1v) is 4.33. The van der Waals surface area contributed by atoms with Crippen molar-refractivity contribution >= 4 is 6.09 Å². The van der Waals surface area contributed by atoms with Crippen LogP contribution in [0.15, 0.2) is 0 Å². The summed E-state index contributed by atoms with van der Waals surface area (Å²) in [5, 5.41) is 3.12. The van der Waals surface area contributed by atoms with E-state index in [2.05, 4.69) is 5.32 Å². The molecular weight excluding hydrogens is 156 g/mol. The topological polar surface area (TPSA) is 41.6 Å². The van der Waals surface area contributed by atoms with Gasteiger partial charge in [0.1, 0.15) is 0 Å². The molecule has 2 saturated heterocycles. The molecule has 0 radical (unpaired) electrons. The largest absolute Gasteiger partial charge is 0.438 e. The van der Waals surface area contributed by atoms with Gasteiger partial charge in [0.15, 0.2) is 5.60 Å². The first-order valence-electron chi connectivity index (χ1n) is 4.33. The Bertz CT molecular complexity index is 211. The Kier molecular flexibility index (Phi) is 1.54. The van der Waals surface area contributed by atoms with Gasteiger partial charge in [-0.15, -0.1) is 0 Å². The first kappa shape index (κ1) is 7.86. The molecule has 1 spiro atoms. The van der Waals surface area contributed by atoms with Crippen LogP contribution in [0.5, 0.6) is 0 Å². The number of ether oxygens (including phenoxy) is 1. The molecule has 0 aliphatic carbocycles.